The molecule has 3 rings (SSSR count). The molecule has 0 heterocycles. The molecule has 0 atom stereocenters. The molecule has 6 nitrogen and oxygen atoms in total. The lowest BCUT2D eigenvalue weighted by atomic mass is 9.85. The van der Waals surface area contributed by atoms with Crippen molar-refractivity contribution in [2.24, 2.45) is 0 Å². The fraction of sp³-hybridized carbons (Fsp3) is 0.0476. The monoisotopic (exact) mass is 395 g/mol. The number of urea groups is 1. The molecule has 0 radical (unpaired) electrons. The normalized spacial score (nSPS) is 10.8. The van der Waals surface area contributed by atoms with Crippen molar-refractivity contribution in [3.05, 3.63) is 101 Å². The molecular weight excluding hydrogens is 378 g/mol. The van der Waals surface area contributed by atoms with Crippen LogP contribution < -0.4 is 16.2 Å². The summed E-state index contributed by atoms with van der Waals surface area (Å²) >= 11 is 5.80. The Balaban J connectivity index is 1.75. The molecule has 3 aromatic rings. The van der Waals surface area contributed by atoms with E-state index in [1.807, 2.05) is 0 Å². The number of anilines is 1. The number of hydrogen-bond donors (Lipinski definition) is 4. The number of nitrogens with one attached hydrogen (secondary N) is 3. The minimum absolute atomic E-state index is 0.374. The number of carbonyl (C=O) groups excluding carboxylic acids is 2. The summed E-state index contributed by atoms with van der Waals surface area (Å²) in [4.78, 5) is 24.9. The third kappa shape index (κ3) is 4.31. The maximum Gasteiger partial charge on any atom is 0.337 e. The van der Waals surface area contributed by atoms with Gasteiger partial charge in [-0.25, -0.2) is 10.2 Å². The first-order valence-corrected chi connectivity index (χ1v) is 8.84. The minimum atomic E-state index is -1.98. The first-order chi connectivity index (χ1) is 13.5. The van der Waals surface area contributed by atoms with Crippen molar-refractivity contribution in [3.63, 3.8) is 0 Å². The highest BCUT2D eigenvalue weighted by Gasteiger charge is 2.40. The Morgan fingerprint density at radius 3 is 1.75 bits per heavy atom. The Labute approximate surface area is 167 Å². The molecule has 0 saturated heterocycles. The van der Waals surface area contributed by atoms with Gasteiger partial charge in [-0.1, -0.05) is 72.3 Å². The first-order valence-electron chi connectivity index (χ1n) is 8.46. The summed E-state index contributed by atoms with van der Waals surface area (Å²) in [6.07, 6.45) is 0. The van der Waals surface area contributed by atoms with Gasteiger partial charge in [-0.15, -0.1) is 0 Å². The number of hydrogen-bond acceptors (Lipinski definition) is 3. The molecule has 0 bridgehead atoms. The average molecular weight is 396 g/mol. The fourth-order valence-corrected chi connectivity index (χ4v) is 2.81. The number of carbonyl (C=O) groups is 2. The summed E-state index contributed by atoms with van der Waals surface area (Å²) in [6, 6.07) is 22.8. The third-order valence-electron chi connectivity index (χ3n) is 4.10. The summed E-state index contributed by atoms with van der Waals surface area (Å²) in [7, 11) is 0. The van der Waals surface area contributed by atoms with Crippen LogP contribution in [0, 0.1) is 0 Å². The van der Waals surface area contributed by atoms with Crippen LogP contribution in [0.2, 0.25) is 5.02 Å². The van der Waals surface area contributed by atoms with E-state index in [-0.39, 0.29) is 0 Å². The first kappa shape index (κ1) is 19.4. The summed E-state index contributed by atoms with van der Waals surface area (Å²) in [6.45, 7) is 0. The smallest absolute Gasteiger partial charge is 0.337 e. The van der Waals surface area contributed by atoms with Gasteiger partial charge in [-0.05, 0) is 35.4 Å². The van der Waals surface area contributed by atoms with Crippen LogP contribution in [0.25, 0.3) is 0 Å². The van der Waals surface area contributed by atoms with E-state index in [1.165, 1.54) is 0 Å². The van der Waals surface area contributed by atoms with Crippen molar-refractivity contribution in [1.82, 2.24) is 10.9 Å². The second kappa shape index (κ2) is 8.56. The molecular formula is C21H18ClN3O3. The van der Waals surface area contributed by atoms with E-state index in [0.29, 0.717) is 21.8 Å². The zero-order valence-electron chi connectivity index (χ0n) is 14.7. The maximum absolute atomic E-state index is 12.8. The zero-order chi connectivity index (χ0) is 20.0. The lowest BCUT2D eigenvalue weighted by Crippen LogP contribution is -2.53. The van der Waals surface area contributed by atoms with Crippen molar-refractivity contribution in [2.45, 2.75) is 5.60 Å². The number of rotatable bonds is 4. The Kier molecular flexibility index (Phi) is 5.93. The number of benzene rings is 3. The molecule has 0 aromatic heterocycles. The minimum Gasteiger partial charge on any atom is -0.372 e. The summed E-state index contributed by atoms with van der Waals surface area (Å²) in [5, 5.41) is 14.3. The van der Waals surface area contributed by atoms with Gasteiger partial charge in [0.1, 0.15) is 0 Å². The quantitative estimate of drug-likeness (QED) is 0.510. The maximum atomic E-state index is 12.8. The van der Waals surface area contributed by atoms with Crippen LogP contribution in [-0.4, -0.2) is 17.0 Å². The highest BCUT2D eigenvalue weighted by Crippen LogP contribution is 2.29. The largest absolute Gasteiger partial charge is 0.372 e. The van der Waals surface area contributed by atoms with Crippen LogP contribution >= 0.6 is 11.6 Å². The Hall–Kier alpha value is -3.35. The SMILES string of the molecule is O=C(NNC(=O)C(O)(c1ccccc1)c1ccccc1)Nc1ccc(Cl)cc1. The van der Waals surface area contributed by atoms with Crippen molar-refractivity contribution in [1.29, 1.82) is 0 Å². The molecule has 4 N–H and O–H groups in total. The number of halogens is 1. The van der Waals surface area contributed by atoms with E-state index in [9.17, 15) is 14.7 Å². The summed E-state index contributed by atoms with van der Waals surface area (Å²) in [5.74, 6) is -0.795. The lowest BCUT2D eigenvalue weighted by molar-refractivity contribution is -0.137. The van der Waals surface area contributed by atoms with Gasteiger partial charge in [0.25, 0.3) is 5.91 Å². The van der Waals surface area contributed by atoms with Gasteiger partial charge in [-0.2, -0.15) is 0 Å². The second-order valence-electron chi connectivity index (χ2n) is 5.98. The van der Waals surface area contributed by atoms with E-state index < -0.39 is 17.5 Å². The van der Waals surface area contributed by atoms with E-state index in [1.54, 1.807) is 84.9 Å². The van der Waals surface area contributed by atoms with Gasteiger partial charge in [0.05, 0.1) is 0 Å². The van der Waals surface area contributed by atoms with Crippen molar-refractivity contribution < 1.29 is 14.7 Å². The van der Waals surface area contributed by atoms with Crippen LogP contribution in [-0.2, 0) is 10.4 Å². The van der Waals surface area contributed by atoms with Crippen molar-refractivity contribution >= 4 is 29.2 Å². The van der Waals surface area contributed by atoms with Crippen molar-refractivity contribution in [2.75, 3.05) is 5.32 Å². The summed E-state index contributed by atoms with van der Waals surface area (Å²) < 4.78 is 0. The van der Waals surface area contributed by atoms with Crippen LogP contribution in [0.15, 0.2) is 84.9 Å². The Morgan fingerprint density at radius 1 is 0.750 bits per heavy atom. The molecule has 0 unspecified atom stereocenters. The zero-order valence-corrected chi connectivity index (χ0v) is 15.5. The van der Waals surface area contributed by atoms with Gasteiger partial charge < -0.3 is 10.4 Å². The van der Waals surface area contributed by atoms with Crippen LogP contribution in [0.3, 0.4) is 0 Å². The van der Waals surface area contributed by atoms with Gasteiger partial charge >= 0.3 is 6.03 Å². The van der Waals surface area contributed by atoms with Crippen LogP contribution in [0.5, 0.6) is 0 Å². The molecule has 0 aliphatic heterocycles. The highest BCUT2D eigenvalue weighted by atomic mass is 35.5. The van der Waals surface area contributed by atoms with E-state index >= 15 is 0 Å². The molecule has 28 heavy (non-hydrogen) atoms. The molecule has 0 spiro atoms. The van der Waals surface area contributed by atoms with Gasteiger partial charge in [0.15, 0.2) is 5.60 Å². The number of aliphatic hydroxyl groups is 1. The van der Waals surface area contributed by atoms with Gasteiger partial charge in [0, 0.05) is 10.7 Å². The molecule has 0 fully saturated rings. The Morgan fingerprint density at radius 2 is 1.25 bits per heavy atom. The average Bonchev–Trinajstić information content (AvgIpc) is 2.74. The topological polar surface area (TPSA) is 90.5 Å². The van der Waals surface area contributed by atoms with Crippen molar-refractivity contribution in [3.8, 4) is 0 Å². The third-order valence-corrected chi connectivity index (χ3v) is 4.36. The molecule has 0 saturated carbocycles. The van der Waals surface area contributed by atoms with Gasteiger partial charge in [0.2, 0.25) is 0 Å². The Bertz CT molecular complexity index is 908. The molecule has 142 valence electrons. The second-order valence-corrected chi connectivity index (χ2v) is 6.42. The molecule has 3 amide bonds. The fourth-order valence-electron chi connectivity index (χ4n) is 2.69. The predicted molar refractivity (Wildman–Crippen MR) is 108 cm³/mol. The number of amides is 3. The molecule has 3 aromatic carbocycles. The van der Waals surface area contributed by atoms with Crippen LogP contribution in [0.1, 0.15) is 11.1 Å². The highest BCUT2D eigenvalue weighted by molar-refractivity contribution is 6.30. The van der Waals surface area contributed by atoms with Gasteiger partial charge in [-0.3, -0.25) is 10.2 Å². The predicted octanol–water partition coefficient (Wildman–Crippen LogP) is 3.43. The molecule has 0 aliphatic carbocycles. The van der Waals surface area contributed by atoms with Crippen LogP contribution in [0.4, 0.5) is 10.5 Å². The lowest BCUT2D eigenvalue weighted by Gasteiger charge is -2.28. The van der Waals surface area contributed by atoms with E-state index in [2.05, 4.69) is 16.2 Å². The molecule has 0 aliphatic rings. The molecule has 7 heteroatoms. The summed E-state index contributed by atoms with van der Waals surface area (Å²) in [5.41, 5.74) is 3.79. The standard InChI is InChI=1S/C21H18ClN3O3/c22-17-11-13-18(14-12-17)23-20(27)25-24-19(26)21(28,15-7-3-1-4-8-15)16-9-5-2-6-10-16/h1-14,28H,(H,24,26)(H2,23,25,27). The van der Waals surface area contributed by atoms with E-state index in [4.69, 9.17) is 11.6 Å². The number of hydrazine groups is 1. The van der Waals surface area contributed by atoms with E-state index in [0.717, 1.165) is 0 Å².